The van der Waals surface area contributed by atoms with Gasteiger partial charge < -0.3 is 14.6 Å². The number of fused-ring (bicyclic) bond motifs is 1. The number of aromatic nitrogens is 3. The molecule has 0 atom stereocenters. The molecule has 2 aromatic heterocycles. The lowest BCUT2D eigenvalue weighted by Crippen LogP contribution is -2.50. The van der Waals surface area contributed by atoms with E-state index in [1.165, 1.54) is 17.8 Å². The summed E-state index contributed by atoms with van der Waals surface area (Å²) in [5, 5.41) is 9.46. The Bertz CT molecular complexity index is 1290. The van der Waals surface area contributed by atoms with Crippen molar-refractivity contribution in [3.63, 3.8) is 0 Å². The molecule has 10 heteroatoms. The molecule has 6 nitrogen and oxygen atoms in total. The molecule has 2 aliphatic rings. The quantitative estimate of drug-likeness (QED) is 0.329. The lowest BCUT2D eigenvalue weighted by molar-refractivity contribution is -0.136. The first-order valence-electron chi connectivity index (χ1n) is 11.7. The van der Waals surface area contributed by atoms with Crippen LogP contribution in [0.2, 0.25) is 0 Å². The predicted octanol–water partition coefficient (Wildman–Crippen LogP) is 5.70. The van der Waals surface area contributed by atoms with Crippen molar-refractivity contribution in [3.8, 4) is 0 Å². The molecule has 35 heavy (non-hydrogen) atoms. The first kappa shape index (κ1) is 24.0. The van der Waals surface area contributed by atoms with E-state index >= 15 is 0 Å². The number of hydrogen-bond donors (Lipinski definition) is 1. The Morgan fingerprint density at radius 2 is 2.03 bits per heavy atom. The van der Waals surface area contributed by atoms with Crippen LogP contribution in [0.4, 0.5) is 18.9 Å². The number of thioether (sulfide) groups is 1. The van der Waals surface area contributed by atoms with Crippen molar-refractivity contribution in [1.29, 1.82) is 0 Å². The molecule has 0 radical (unpaired) electrons. The van der Waals surface area contributed by atoms with Gasteiger partial charge in [0, 0.05) is 30.0 Å². The molecule has 3 aromatic rings. The van der Waals surface area contributed by atoms with Gasteiger partial charge in [0.05, 0.1) is 30.4 Å². The summed E-state index contributed by atoms with van der Waals surface area (Å²) in [5.41, 5.74) is 2.19. The number of hydrogen-bond acceptors (Lipinski definition) is 5. The maximum absolute atomic E-state index is 14.9. The largest absolute Gasteiger partial charge is 0.481 e. The molecule has 0 bridgehead atoms. The van der Waals surface area contributed by atoms with Gasteiger partial charge in [0.2, 0.25) is 0 Å². The normalized spacial score (nSPS) is 18.5. The Kier molecular flexibility index (Phi) is 5.97. The fourth-order valence-corrected chi connectivity index (χ4v) is 5.64. The smallest absolute Gasteiger partial charge is 0.307 e. The monoisotopic (exact) mass is 504 g/mol. The maximum Gasteiger partial charge on any atom is 0.307 e. The SMILES string of the molecule is CC(C)n1cc(N2CCC3(CC3)C(F)(F)C2)c2nc(SCc3ccc(F)c(CC(=O)O)c3)ncc21. The van der Waals surface area contributed by atoms with Crippen molar-refractivity contribution < 1.29 is 23.1 Å². The molecular weight excluding hydrogens is 477 g/mol. The van der Waals surface area contributed by atoms with E-state index in [0.717, 1.165) is 11.1 Å². The number of carbonyl (C=O) groups is 1. The van der Waals surface area contributed by atoms with Gasteiger partial charge in [-0.1, -0.05) is 23.9 Å². The van der Waals surface area contributed by atoms with Gasteiger partial charge in [-0.25, -0.2) is 23.1 Å². The number of alkyl halides is 2. The summed E-state index contributed by atoms with van der Waals surface area (Å²) in [6.07, 6.45) is 4.91. The zero-order valence-corrected chi connectivity index (χ0v) is 20.4. The Labute approximate surface area is 205 Å². The highest BCUT2D eigenvalue weighted by molar-refractivity contribution is 7.98. The average molecular weight is 505 g/mol. The summed E-state index contributed by atoms with van der Waals surface area (Å²) < 4.78 is 45.8. The minimum Gasteiger partial charge on any atom is -0.481 e. The highest BCUT2D eigenvalue weighted by atomic mass is 32.2. The Morgan fingerprint density at radius 1 is 1.26 bits per heavy atom. The van der Waals surface area contributed by atoms with Crippen LogP contribution in [0.25, 0.3) is 11.0 Å². The van der Waals surface area contributed by atoms with E-state index in [-0.39, 0.29) is 24.6 Å². The Hall–Kier alpha value is -2.75. The van der Waals surface area contributed by atoms with Crippen molar-refractivity contribution in [2.45, 2.75) is 62.4 Å². The van der Waals surface area contributed by atoms with E-state index in [0.29, 0.717) is 47.9 Å². The van der Waals surface area contributed by atoms with Crippen molar-refractivity contribution in [2.75, 3.05) is 18.0 Å². The van der Waals surface area contributed by atoms with Gasteiger partial charge in [-0.05, 0) is 50.3 Å². The van der Waals surface area contributed by atoms with Crippen molar-refractivity contribution >= 4 is 34.5 Å². The highest BCUT2D eigenvalue weighted by Crippen LogP contribution is 2.61. The van der Waals surface area contributed by atoms with Crippen LogP contribution < -0.4 is 4.90 Å². The van der Waals surface area contributed by atoms with Gasteiger partial charge in [0.25, 0.3) is 5.92 Å². The van der Waals surface area contributed by atoms with E-state index in [2.05, 4.69) is 4.98 Å². The number of benzene rings is 1. The van der Waals surface area contributed by atoms with Crippen LogP contribution in [0, 0.1) is 11.2 Å². The van der Waals surface area contributed by atoms with E-state index in [1.807, 2.05) is 24.6 Å². The molecular formula is C25H27F3N4O2S. The van der Waals surface area contributed by atoms with Crippen molar-refractivity contribution in [1.82, 2.24) is 14.5 Å². The summed E-state index contributed by atoms with van der Waals surface area (Å²) in [6, 6.07) is 4.53. The zero-order chi connectivity index (χ0) is 25.0. The van der Waals surface area contributed by atoms with E-state index < -0.39 is 23.1 Å². The molecule has 3 heterocycles. The first-order valence-corrected chi connectivity index (χ1v) is 12.7. The predicted molar refractivity (Wildman–Crippen MR) is 129 cm³/mol. The van der Waals surface area contributed by atoms with Crippen molar-refractivity contribution in [3.05, 3.63) is 47.5 Å². The molecule has 1 aliphatic carbocycles. The minimum absolute atomic E-state index is 0.111. The molecule has 1 saturated heterocycles. The topological polar surface area (TPSA) is 71.2 Å². The summed E-state index contributed by atoms with van der Waals surface area (Å²) in [5.74, 6) is -3.95. The van der Waals surface area contributed by atoms with Crippen LogP contribution in [0.15, 0.2) is 35.7 Å². The number of carboxylic acids is 1. The lowest BCUT2D eigenvalue weighted by Gasteiger charge is -2.39. The molecule has 186 valence electrons. The zero-order valence-electron chi connectivity index (χ0n) is 19.6. The number of aliphatic carboxylic acids is 1. The number of nitrogens with zero attached hydrogens (tertiary/aromatic N) is 4. The molecule has 1 N–H and O–H groups in total. The number of carboxylic acid groups (broad SMARTS) is 1. The van der Waals surface area contributed by atoms with E-state index in [4.69, 9.17) is 10.1 Å². The summed E-state index contributed by atoms with van der Waals surface area (Å²) in [6.45, 7) is 4.32. The van der Waals surface area contributed by atoms with Gasteiger partial charge in [-0.3, -0.25) is 4.79 Å². The molecule has 1 aromatic carbocycles. The highest BCUT2D eigenvalue weighted by Gasteiger charge is 2.63. The van der Waals surface area contributed by atoms with Gasteiger partial charge in [0.1, 0.15) is 11.3 Å². The van der Waals surface area contributed by atoms with Crippen LogP contribution in [0.5, 0.6) is 0 Å². The minimum atomic E-state index is -2.72. The molecule has 0 unspecified atom stereocenters. The molecule has 2 fully saturated rings. The van der Waals surface area contributed by atoms with Crippen LogP contribution in [-0.2, 0) is 17.0 Å². The Balaban J connectivity index is 1.42. The van der Waals surface area contributed by atoms with Crippen LogP contribution >= 0.6 is 11.8 Å². The fraction of sp³-hybridized carbons (Fsp3) is 0.480. The third kappa shape index (κ3) is 4.48. The molecule has 1 spiro atoms. The van der Waals surface area contributed by atoms with Crippen LogP contribution in [-0.4, -0.2) is 44.6 Å². The second-order valence-corrected chi connectivity index (χ2v) is 10.8. The number of anilines is 1. The molecule has 5 rings (SSSR count). The standard InChI is InChI=1S/C25H27F3N4O2S/c1-15(2)32-12-20(31-8-7-24(5-6-24)25(27,28)14-31)22-19(32)11-29-23(30-22)35-13-16-3-4-18(26)17(9-16)10-21(33)34/h3-4,9,11-12,15H,5-8,10,13-14H2,1-2H3,(H,33,34). The van der Waals surface area contributed by atoms with Gasteiger partial charge in [-0.2, -0.15) is 0 Å². The number of rotatable bonds is 7. The fourth-order valence-electron chi connectivity index (χ4n) is 4.88. The van der Waals surface area contributed by atoms with Crippen molar-refractivity contribution in [2.24, 2.45) is 5.41 Å². The van der Waals surface area contributed by atoms with Gasteiger partial charge in [0.15, 0.2) is 5.16 Å². The second-order valence-electron chi connectivity index (χ2n) is 9.84. The average Bonchev–Trinajstić information content (AvgIpc) is 3.49. The first-order chi connectivity index (χ1) is 16.6. The third-order valence-electron chi connectivity index (χ3n) is 7.13. The summed E-state index contributed by atoms with van der Waals surface area (Å²) in [4.78, 5) is 21.9. The third-order valence-corrected chi connectivity index (χ3v) is 8.06. The second kappa shape index (κ2) is 8.72. The molecule has 1 saturated carbocycles. The summed E-state index contributed by atoms with van der Waals surface area (Å²) >= 11 is 1.34. The number of piperidine rings is 1. The Morgan fingerprint density at radius 3 is 2.69 bits per heavy atom. The van der Waals surface area contributed by atoms with Gasteiger partial charge in [-0.15, -0.1) is 0 Å². The van der Waals surface area contributed by atoms with Gasteiger partial charge >= 0.3 is 5.97 Å². The maximum atomic E-state index is 14.9. The summed E-state index contributed by atoms with van der Waals surface area (Å²) in [7, 11) is 0. The van der Waals surface area contributed by atoms with Crippen LogP contribution in [0.1, 0.15) is 50.3 Å². The number of halogens is 3. The molecule has 1 aliphatic heterocycles. The van der Waals surface area contributed by atoms with Crippen LogP contribution in [0.3, 0.4) is 0 Å². The van der Waals surface area contributed by atoms with E-state index in [1.54, 1.807) is 23.2 Å². The van der Waals surface area contributed by atoms with E-state index in [9.17, 15) is 18.0 Å². The molecule has 0 amide bonds. The lowest BCUT2D eigenvalue weighted by atomic mass is 9.89.